The van der Waals surface area contributed by atoms with Gasteiger partial charge in [-0.05, 0) is 57.2 Å². The van der Waals surface area contributed by atoms with Crippen LogP contribution in [-0.2, 0) is 22.9 Å². The number of anilines is 1. The van der Waals surface area contributed by atoms with Gasteiger partial charge in [-0.3, -0.25) is 0 Å². The van der Waals surface area contributed by atoms with Crippen molar-refractivity contribution in [2.75, 3.05) is 31.1 Å². The summed E-state index contributed by atoms with van der Waals surface area (Å²) in [5.74, 6) is 1.77. The molecule has 0 atom stereocenters. The van der Waals surface area contributed by atoms with Crippen LogP contribution in [0, 0.1) is 13.8 Å². The second kappa shape index (κ2) is 7.59. The van der Waals surface area contributed by atoms with Crippen molar-refractivity contribution < 1.29 is 8.42 Å². The van der Waals surface area contributed by atoms with Gasteiger partial charge in [-0.15, -0.1) is 11.3 Å². The van der Waals surface area contributed by atoms with Crippen molar-refractivity contribution in [2.45, 2.75) is 44.4 Å². The molecule has 3 aromatic rings. The molecular weight excluding hydrogens is 416 g/mol. The lowest BCUT2D eigenvalue weighted by molar-refractivity contribution is 0.384. The van der Waals surface area contributed by atoms with Gasteiger partial charge in [0.15, 0.2) is 0 Å². The lowest BCUT2D eigenvalue weighted by Gasteiger charge is -2.35. The fraction of sp³-hybridized carbons (Fsp3) is 0.455. The molecule has 1 fully saturated rings. The van der Waals surface area contributed by atoms with Gasteiger partial charge >= 0.3 is 0 Å². The number of hydrogen-bond donors (Lipinski definition) is 0. The van der Waals surface area contributed by atoms with Crippen LogP contribution in [0.25, 0.3) is 10.2 Å². The van der Waals surface area contributed by atoms with E-state index < -0.39 is 10.0 Å². The number of piperazine rings is 1. The van der Waals surface area contributed by atoms with Crippen molar-refractivity contribution >= 4 is 37.4 Å². The largest absolute Gasteiger partial charge is 0.353 e. The average molecular weight is 443 g/mol. The van der Waals surface area contributed by atoms with E-state index in [2.05, 4.69) is 4.90 Å². The number of thiophene rings is 1. The van der Waals surface area contributed by atoms with Gasteiger partial charge in [-0.25, -0.2) is 18.4 Å². The molecule has 0 spiro atoms. The number of sulfonamides is 1. The first kappa shape index (κ1) is 19.9. The second-order valence-electron chi connectivity index (χ2n) is 8.19. The van der Waals surface area contributed by atoms with Crippen LogP contribution < -0.4 is 4.90 Å². The molecular formula is C22H26N4O2S2. The molecule has 8 heteroatoms. The Labute approximate surface area is 181 Å². The normalized spacial score (nSPS) is 18.0. The summed E-state index contributed by atoms with van der Waals surface area (Å²) in [6.07, 6.45) is 4.69. The zero-order valence-corrected chi connectivity index (χ0v) is 19.0. The first-order chi connectivity index (χ1) is 14.4. The Kier molecular flexibility index (Phi) is 5.03. The van der Waals surface area contributed by atoms with Gasteiger partial charge in [0.2, 0.25) is 10.0 Å². The van der Waals surface area contributed by atoms with Crippen LogP contribution >= 0.6 is 11.3 Å². The van der Waals surface area contributed by atoms with E-state index in [0.29, 0.717) is 31.1 Å². The molecule has 1 saturated heterocycles. The molecule has 0 radical (unpaired) electrons. The second-order valence-corrected chi connectivity index (χ2v) is 11.2. The quantitative estimate of drug-likeness (QED) is 0.619. The van der Waals surface area contributed by atoms with Crippen molar-refractivity contribution in [3.63, 3.8) is 0 Å². The minimum absolute atomic E-state index is 0.369. The van der Waals surface area contributed by atoms with E-state index in [1.54, 1.807) is 16.4 Å². The van der Waals surface area contributed by atoms with Crippen molar-refractivity contribution in [1.82, 2.24) is 14.3 Å². The molecule has 30 heavy (non-hydrogen) atoms. The molecule has 0 unspecified atom stereocenters. The number of hydrogen-bond acceptors (Lipinski definition) is 6. The van der Waals surface area contributed by atoms with Gasteiger partial charge in [0, 0.05) is 31.1 Å². The lowest BCUT2D eigenvalue weighted by atomic mass is 9.97. The molecule has 0 saturated carbocycles. The molecule has 3 heterocycles. The van der Waals surface area contributed by atoms with Crippen molar-refractivity contribution in [3.05, 3.63) is 46.1 Å². The van der Waals surface area contributed by atoms with Crippen molar-refractivity contribution in [1.29, 1.82) is 0 Å². The number of rotatable bonds is 3. The Bertz CT molecular complexity index is 1190. The number of nitrogens with zero attached hydrogens (tertiary/aromatic N) is 4. The third-order valence-electron chi connectivity index (χ3n) is 6.10. The van der Waals surface area contributed by atoms with Gasteiger partial charge in [0.05, 0.1) is 10.3 Å². The van der Waals surface area contributed by atoms with Crippen LogP contribution in [0.2, 0.25) is 0 Å². The fourth-order valence-electron chi connectivity index (χ4n) is 4.47. The van der Waals surface area contributed by atoms with E-state index >= 15 is 0 Å². The van der Waals surface area contributed by atoms with E-state index in [9.17, 15) is 8.42 Å². The maximum atomic E-state index is 13.0. The molecule has 2 aliphatic rings. The summed E-state index contributed by atoms with van der Waals surface area (Å²) in [5.41, 5.74) is 2.48. The number of benzene rings is 1. The van der Waals surface area contributed by atoms with E-state index in [1.807, 2.05) is 37.3 Å². The zero-order chi connectivity index (χ0) is 20.9. The Morgan fingerprint density at radius 1 is 0.933 bits per heavy atom. The molecule has 5 rings (SSSR count). The summed E-state index contributed by atoms with van der Waals surface area (Å²) in [5, 5.41) is 1.20. The fourth-order valence-corrected chi connectivity index (χ4v) is 7.19. The van der Waals surface area contributed by atoms with E-state index in [0.717, 1.165) is 34.9 Å². The number of fused-ring (bicyclic) bond motifs is 3. The number of aromatic nitrogens is 2. The average Bonchev–Trinajstić information content (AvgIpc) is 3.11. The van der Waals surface area contributed by atoms with Gasteiger partial charge in [-0.2, -0.15) is 4.31 Å². The Morgan fingerprint density at radius 3 is 2.37 bits per heavy atom. The topological polar surface area (TPSA) is 66.4 Å². The lowest BCUT2D eigenvalue weighted by Crippen LogP contribution is -2.49. The molecule has 0 amide bonds. The predicted molar refractivity (Wildman–Crippen MR) is 121 cm³/mol. The van der Waals surface area contributed by atoms with Crippen molar-refractivity contribution in [3.8, 4) is 0 Å². The Balaban J connectivity index is 1.43. The maximum absolute atomic E-state index is 13.0. The smallest absolute Gasteiger partial charge is 0.243 e. The van der Waals surface area contributed by atoms with Crippen LogP contribution in [0.5, 0.6) is 0 Å². The third-order valence-corrected chi connectivity index (χ3v) is 9.20. The third kappa shape index (κ3) is 3.40. The molecule has 158 valence electrons. The van der Waals surface area contributed by atoms with Crippen LogP contribution in [-0.4, -0.2) is 48.9 Å². The highest BCUT2D eigenvalue weighted by molar-refractivity contribution is 7.89. The molecule has 6 nitrogen and oxygen atoms in total. The summed E-state index contributed by atoms with van der Waals surface area (Å²) < 4.78 is 27.7. The van der Waals surface area contributed by atoms with Gasteiger partial charge in [-0.1, -0.05) is 17.7 Å². The standard InChI is InChI=1S/C22H26N4O2S2/c1-15-7-9-17(10-8-15)30(27,28)26-13-11-25(12-14-26)21-20-18-5-3-4-6-19(18)29-22(20)24-16(2)23-21/h7-10H,3-6,11-14H2,1-2H3. The minimum atomic E-state index is -3.46. The molecule has 0 N–H and O–H groups in total. The molecule has 0 bridgehead atoms. The SMILES string of the molecule is Cc1ccc(S(=O)(=O)N2CCN(c3nc(C)nc4sc5c(c34)CCCC5)CC2)cc1. The van der Waals surface area contributed by atoms with E-state index in [4.69, 9.17) is 9.97 Å². The van der Waals surface area contributed by atoms with E-state index in [-0.39, 0.29) is 0 Å². The number of aryl methyl sites for hydroxylation is 4. The van der Waals surface area contributed by atoms with Gasteiger partial charge < -0.3 is 4.90 Å². The monoisotopic (exact) mass is 442 g/mol. The molecule has 1 aromatic carbocycles. The van der Waals surface area contributed by atoms with Gasteiger partial charge in [0.25, 0.3) is 0 Å². The summed E-state index contributed by atoms with van der Waals surface area (Å²) in [4.78, 5) is 14.7. The maximum Gasteiger partial charge on any atom is 0.243 e. The Morgan fingerprint density at radius 2 is 1.63 bits per heavy atom. The Hall–Kier alpha value is -2.03. The van der Waals surface area contributed by atoms with Crippen LogP contribution in [0.15, 0.2) is 29.2 Å². The van der Waals surface area contributed by atoms with Crippen LogP contribution in [0.3, 0.4) is 0 Å². The summed E-state index contributed by atoms with van der Waals surface area (Å²) >= 11 is 1.81. The molecule has 1 aliphatic heterocycles. The first-order valence-corrected chi connectivity index (χ1v) is 12.8. The molecule has 2 aromatic heterocycles. The zero-order valence-electron chi connectivity index (χ0n) is 17.4. The van der Waals surface area contributed by atoms with Gasteiger partial charge in [0.1, 0.15) is 16.5 Å². The summed E-state index contributed by atoms with van der Waals surface area (Å²) in [6, 6.07) is 7.10. The summed E-state index contributed by atoms with van der Waals surface area (Å²) in [6.45, 7) is 6.12. The highest BCUT2D eigenvalue weighted by atomic mass is 32.2. The van der Waals surface area contributed by atoms with Crippen LogP contribution in [0.4, 0.5) is 5.82 Å². The van der Waals surface area contributed by atoms with Crippen LogP contribution in [0.1, 0.15) is 34.7 Å². The van der Waals surface area contributed by atoms with E-state index in [1.165, 1.54) is 28.7 Å². The highest BCUT2D eigenvalue weighted by Gasteiger charge is 2.31. The highest BCUT2D eigenvalue weighted by Crippen LogP contribution is 2.40. The van der Waals surface area contributed by atoms with Crippen molar-refractivity contribution in [2.24, 2.45) is 0 Å². The minimum Gasteiger partial charge on any atom is -0.353 e. The first-order valence-electron chi connectivity index (χ1n) is 10.5. The summed E-state index contributed by atoms with van der Waals surface area (Å²) in [7, 11) is -3.46. The predicted octanol–water partition coefficient (Wildman–Crippen LogP) is 3.70. The molecule has 1 aliphatic carbocycles.